The third kappa shape index (κ3) is 25.0. The molecule has 0 spiro atoms. The number of rotatable bonds is 14. The molecule has 0 atom stereocenters. The van der Waals surface area contributed by atoms with E-state index < -0.39 is 0 Å². The van der Waals surface area contributed by atoms with Crippen molar-refractivity contribution in [2.75, 3.05) is 0 Å². The zero-order valence-corrected chi connectivity index (χ0v) is 77.3. The number of aryl methyl sites for hydroxylation is 6. The Morgan fingerprint density at radius 2 is 0.456 bits per heavy atom. The van der Waals surface area contributed by atoms with Crippen LogP contribution in [0.2, 0.25) is 0 Å². The summed E-state index contributed by atoms with van der Waals surface area (Å²) in [7, 11) is 0. The highest BCUT2D eigenvalue weighted by Crippen LogP contribution is 2.47. The maximum atomic E-state index is 8.77. The molecule has 0 fully saturated rings. The average Bonchev–Trinajstić information content (AvgIpc) is 1.62. The quantitative estimate of drug-likeness (QED) is 0.0914. The third-order valence-corrected chi connectivity index (χ3v) is 26.0. The minimum absolute atomic E-state index is 0. The lowest BCUT2D eigenvalue weighted by molar-refractivity contribution is -0.193. The van der Waals surface area contributed by atoms with Gasteiger partial charge in [-0.25, -0.2) is 0 Å². The van der Waals surface area contributed by atoms with Gasteiger partial charge in [-0.2, -0.15) is 74.3 Å². The standard InChI is InChI=1S/C23H18N2S.3C22H16N2S.C16H12N2S.5CO2.CH4/c1-16-8-10-18(11-9-16)22-17(2)20-7-3-4-15-25(20)23(22)21-13-12-19(26-21)6-5-14-24;3*1-16-19-11-5-6-15-24(19)22(21(16)17-8-3-2-4-9-17)20-13-12-18(25-20)10-7-14-23;1-12-11-13-5-2-3-10-18(13)16(12)15-8-7-14(19-15)6-4-9-17;5*2-1-3;/h3-13,15H,1-2H3;3*2-13,15H,1H3;2-8,10-11H,1H3;;;;;;1H4/b6-5-;3*10-7-;6-4-;;;;;;. The van der Waals surface area contributed by atoms with Gasteiger partial charge in [0.15, 0.2) is 0 Å². The van der Waals surface area contributed by atoms with Crippen LogP contribution in [0.3, 0.4) is 0 Å². The fourth-order valence-electron chi connectivity index (χ4n) is 15.4. The van der Waals surface area contributed by atoms with Gasteiger partial charge < -0.3 is 22.0 Å². The molecular weight excluding hydrogens is 1790 g/mol. The van der Waals surface area contributed by atoms with Crippen LogP contribution in [0, 0.1) is 98.2 Å². The van der Waals surface area contributed by atoms with Crippen molar-refractivity contribution < 1.29 is 47.9 Å². The van der Waals surface area contributed by atoms with E-state index in [9.17, 15) is 0 Å². The van der Waals surface area contributed by atoms with Gasteiger partial charge in [-0.05, 0) is 249 Å². The minimum atomic E-state index is 0. The largest absolute Gasteiger partial charge is 0.373 e. The molecule has 666 valence electrons. The molecule has 136 heavy (non-hydrogen) atoms. The Kier molecular flexibility index (Phi) is 39.1. The molecule has 0 bridgehead atoms. The molecule has 15 aromatic heterocycles. The fourth-order valence-corrected chi connectivity index (χ4v) is 20.3. The van der Waals surface area contributed by atoms with Gasteiger partial charge in [0.05, 0.1) is 83.2 Å². The summed E-state index contributed by atoms with van der Waals surface area (Å²) in [5, 5.41) is 43.6. The Hall–Kier alpha value is -17.8. The first-order valence-electron chi connectivity index (χ1n) is 40.9. The van der Waals surface area contributed by atoms with Crippen molar-refractivity contribution in [2.45, 2.75) is 49.0 Å². The van der Waals surface area contributed by atoms with Gasteiger partial charge in [0.1, 0.15) is 0 Å². The van der Waals surface area contributed by atoms with Gasteiger partial charge in [-0.1, -0.05) is 159 Å². The molecule has 0 amide bonds. The Labute approximate surface area is 804 Å². The van der Waals surface area contributed by atoms with Crippen molar-refractivity contribution >= 4 is 145 Å². The summed E-state index contributed by atoms with van der Waals surface area (Å²) in [6.07, 6.45) is 28.7. The van der Waals surface area contributed by atoms with E-state index in [4.69, 9.17) is 74.3 Å². The van der Waals surface area contributed by atoms with Gasteiger partial charge in [0.2, 0.25) is 0 Å². The highest BCUT2D eigenvalue weighted by molar-refractivity contribution is 7.17. The van der Waals surface area contributed by atoms with Crippen LogP contribution in [0.25, 0.3) is 155 Å². The average molecular weight is 1880 g/mol. The Balaban J connectivity index is 0.000000184. The van der Waals surface area contributed by atoms with Crippen molar-refractivity contribution in [3.63, 3.8) is 0 Å². The number of thiophene rings is 5. The lowest BCUT2D eigenvalue weighted by Gasteiger charge is -2.06. The van der Waals surface area contributed by atoms with Crippen molar-refractivity contribution in [1.29, 1.82) is 26.3 Å². The first-order valence-corrected chi connectivity index (χ1v) is 45.0. The van der Waals surface area contributed by atoms with E-state index >= 15 is 0 Å². The summed E-state index contributed by atoms with van der Waals surface area (Å²) in [6.45, 7) is 13.0. The highest BCUT2D eigenvalue weighted by atomic mass is 32.1. The zero-order chi connectivity index (χ0) is 96.5. The summed E-state index contributed by atoms with van der Waals surface area (Å²) in [5.74, 6) is 0. The lowest BCUT2D eigenvalue weighted by Crippen LogP contribution is -1.87. The number of hydrogen-bond acceptors (Lipinski definition) is 20. The number of pyridine rings is 5. The summed E-state index contributed by atoms with van der Waals surface area (Å²) >= 11 is 8.52. The van der Waals surface area contributed by atoms with Gasteiger partial charge in [-0.15, -0.1) is 56.7 Å². The summed E-state index contributed by atoms with van der Waals surface area (Å²) in [5.41, 5.74) is 29.8. The maximum absolute atomic E-state index is 8.77. The van der Waals surface area contributed by atoms with Gasteiger partial charge in [0.25, 0.3) is 0 Å². The van der Waals surface area contributed by atoms with Crippen LogP contribution >= 0.6 is 56.7 Å². The molecule has 0 radical (unpaired) electrons. The van der Waals surface area contributed by atoms with Crippen molar-refractivity contribution in [2.24, 2.45) is 0 Å². The van der Waals surface area contributed by atoms with Crippen LogP contribution < -0.4 is 0 Å². The highest BCUT2D eigenvalue weighted by Gasteiger charge is 2.25. The number of nitriles is 5. The van der Waals surface area contributed by atoms with E-state index in [-0.39, 0.29) is 38.2 Å². The predicted octanol–water partition coefficient (Wildman–Crippen LogP) is 27.3. The molecule has 0 aliphatic heterocycles. The Morgan fingerprint density at radius 3 is 0.699 bits per heavy atom. The zero-order valence-electron chi connectivity index (χ0n) is 73.2. The molecular formula is C111H82N10O10S5. The van der Waals surface area contributed by atoms with E-state index in [2.05, 4.69) is 361 Å². The molecule has 19 rings (SSSR count). The number of fused-ring (bicyclic) bond motifs is 5. The Bertz CT molecular complexity index is 7410. The van der Waals surface area contributed by atoms with E-state index in [0.717, 1.165) is 24.4 Å². The first kappa shape index (κ1) is 102. The smallest absolute Gasteiger partial charge is 0.316 e. The molecule has 4 aromatic carbocycles. The second-order valence-electron chi connectivity index (χ2n) is 28.6. The third-order valence-electron chi connectivity index (χ3n) is 20.7. The number of aromatic nitrogens is 5. The maximum Gasteiger partial charge on any atom is 0.373 e. The van der Waals surface area contributed by atoms with Crippen molar-refractivity contribution in [1.82, 2.24) is 22.0 Å². The van der Waals surface area contributed by atoms with Gasteiger partial charge in [-0.3, -0.25) is 0 Å². The normalized spacial score (nSPS) is 10.2. The van der Waals surface area contributed by atoms with E-state index in [1.807, 2.05) is 66.8 Å². The molecule has 0 unspecified atom stereocenters. The topological polar surface area (TPSA) is 312 Å². The molecule has 25 heteroatoms. The van der Waals surface area contributed by atoms with Gasteiger partial charge in [0, 0.05) is 136 Å². The SMILES string of the molecule is C.Cc1c(-c2ccccc2)c(-c2ccc(/C=C\C#N)s2)n2ccccc12.Cc1c(-c2ccccc2)c(-c2ccc(/C=C\C#N)s2)n2ccccc12.Cc1c(-c2ccccc2)c(-c2ccc(/C=C\C#N)s2)n2ccccc12.Cc1cc2ccccn2c1-c1ccc(/C=C\C#N)s1.Cc1ccc(-c2c(C)c3ccccn3c2-c2ccc(/C=C\C#N)s2)cc1.O=C=O.O=C=O.O=C=O.O=C=O.O=C=O. The molecule has 15 heterocycles. The summed E-state index contributed by atoms with van der Waals surface area (Å²) in [4.78, 5) is 92.7. The molecule has 0 N–H and O–H groups in total. The van der Waals surface area contributed by atoms with E-state index in [1.54, 1.807) is 56.7 Å². The molecule has 0 saturated carbocycles. The van der Waals surface area contributed by atoms with Crippen molar-refractivity contribution in [3.8, 4) is 128 Å². The second-order valence-corrected chi connectivity index (χ2v) is 34.2. The van der Waals surface area contributed by atoms with E-state index in [1.165, 1.54) is 189 Å². The number of hydrogen-bond donors (Lipinski definition) is 0. The molecule has 20 nitrogen and oxygen atoms in total. The molecule has 0 aliphatic carbocycles. The lowest BCUT2D eigenvalue weighted by atomic mass is 10.00. The van der Waals surface area contributed by atoms with Gasteiger partial charge >= 0.3 is 30.8 Å². The number of carbonyl (C=O) groups excluding carboxylic acids is 10. The van der Waals surface area contributed by atoms with Crippen LogP contribution in [-0.4, -0.2) is 52.8 Å². The van der Waals surface area contributed by atoms with Crippen LogP contribution in [-0.2, 0) is 47.9 Å². The molecule has 0 saturated heterocycles. The minimum Gasteiger partial charge on any atom is -0.316 e. The number of allylic oxidation sites excluding steroid dienone is 5. The Morgan fingerprint density at radius 1 is 0.243 bits per heavy atom. The van der Waals surface area contributed by atoms with Crippen LogP contribution in [0.5, 0.6) is 0 Å². The van der Waals surface area contributed by atoms with E-state index in [0.29, 0.717) is 0 Å². The van der Waals surface area contributed by atoms with Crippen molar-refractivity contribution in [3.05, 3.63) is 392 Å². The molecule has 0 aliphatic rings. The fraction of sp³-hybridized carbons (Fsp3) is 0.0631. The number of benzene rings is 4. The summed E-state index contributed by atoms with van der Waals surface area (Å²) < 4.78 is 11.3. The summed E-state index contributed by atoms with van der Waals surface area (Å²) in [6, 6.07) is 105. The molecule has 19 aromatic rings. The monoisotopic (exact) mass is 1870 g/mol. The van der Waals surface area contributed by atoms with Crippen LogP contribution in [0.15, 0.2) is 334 Å². The second kappa shape index (κ2) is 52.2. The number of nitrogens with zero attached hydrogens (tertiary/aromatic N) is 10. The van der Waals surface area contributed by atoms with Crippen LogP contribution in [0.1, 0.15) is 65.2 Å². The van der Waals surface area contributed by atoms with Crippen LogP contribution in [0.4, 0.5) is 0 Å². The first-order chi connectivity index (χ1) is 65.9. The predicted molar refractivity (Wildman–Crippen MR) is 539 cm³/mol.